The van der Waals surface area contributed by atoms with Gasteiger partial charge in [-0.2, -0.15) is 0 Å². The standard InChI is InChI=1S/C8H15NO3/c1-5(2)7(4-8(11)12)9-6(3)10/h5,7H,4H2,1-3H3,(H,9,10)(H,11,12)/p-1. The number of carboxylic acid groups (broad SMARTS) is 1. The molecule has 0 fully saturated rings. The highest BCUT2D eigenvalue weighted by Crippen LogP contribution is 2.04. The Bertz CT molecular complexity index is 161. The lowest BCUT2D eigenvalue weighted by Gasteiger charge is -2.21. The van der Waals surface area contributed by atoms with Gasteiger partial charge in [0, 0.05) is 25.4 Å². The fourth-order valence-corrected chi connectivity index (χ4v) is 0.894. The Labute approximate surface area is 72.0 Å². The van der Waals surface area contributed by atoms with E-state index >= 15 is 0 Å². The van der Waals surface area contributed by atoms with Crippen LogP contribution in [0, 0.1) is 5.92 Å². The minimum absolute atomic E-state index is 0.104. The van der Waals surface area contributed by atoms with Crippen molar-refractivity contribution in [3.05, 3.63) is 0 Å². The first kappa shape index (κ1) is 10.9. The van der Waals surface area contributed by atoms with Crippen LogP contribution in [0.2, 0.25) is 0 Å². The third kappa shape index (κ3) is 4.71. The topological polar surface area (TPSA) is 69.2 Å². The Morgan fingerprint density at radius 3 is 2.17 bits per heavy atom. The minimum Gasteiger partial charge on any atom is -0.550 e. The number of carboxylic acids is 1. The fourth-order valence-electron chi connectivity index (χ4n) is 0.894. The molecule has 0 saturated carbocycles. The Morgan fingerprint density at radius 1 is 1.42 bits per heavy atom. The predicted molar refractivity (Wildman–Crippen MR) is 42.1 cm³/mol. The zero-order chi connectivity index (χ0) is 9.72. The summed E-state index contributed by atoms with van der Waals surface area (Å²) >= 11 is 0. The number of carbonyl (C=O) groups excluding carboxylic acids is 2. The fraction of sp³-hybridized carbons (Fsp3) is 0.750. The van der Waals surface area contributed by atoms with Crippen molar-refractivity contribution in [2.24, 2.45) is 5.92 Å². The smallest absolute Gasteiger partial charge is 0.217 e. The van der Waals surface area contributed by atoms with Crippen LogP contribution in [0.5, 0.6) is 0 Å². The van der Waals surface area contributed by atoms with Gasteiger partial charge in [-0.1, -0.05) is 13.8 Å². The van der Waals surface area contributed by atoms with E-state index in [4.69, 9.17) is 0 Å². The predicted octanol–water partition coefficient (Wildman–Crippen LogP) is -0.713. The Balaban J connectivity index is 4.04. The van der Waals surface area contributed by atoms with Crippen molar-refractivity contribution < 1.29 is 14.7 Å². The van der Waals surface area contributed by atoms with Crippen LogP contribution in [0.25, 0.3) is 0 Å². The van der Waals surface area contributed by atoms with E-state index in [1.54, 1.807) is 0 Å². The first-order valence-corrected chi connectivity index (χ1v) is 3.90. The minimum atomic E-state index is -1.14. The molecule has 70 valence electrons. The molecule has 0 aliphatic carbocycles. The van der Waals surface area contributed by atoms with E-state index in [0.29, 0.717) is 0 Å². The summed E-state index contributed by atoms with van der Waals surface area (Å²) in [6, 6.07) is -0.326. The van der Waals surface area contributed by atoms with Crippen LogP contribution in [0.3, 0.4) is 0 Å². The van der Waals surface area contributed by atoms with Gasteiger partial charge in [-0.15, -0.1) is 0 Å². The van der Waals surface area contributed by atoms with Gasteiger partial charge in [0.1, 0.15) is 0 Å². The summed E-state index contributed by atoms with van der Waals surface area (Å²) in [6.45, 7) is 5.07. The maximum Gasteiger partial charge on any atom is 0.217 e. The molecular formula is C8H14NO3-. The van der Waals surface area contributed by atoms with E-state index in [9.17, 15) is 14.7 Å². The highest BCUT2D eigenvalue weighted by Gasteiger charge is 2.13. The number of rotatable bonds is 4. The Kier molecular flexibility index (Phi) is 4.33. The molecule has 1 amide bonds. The van der Waals surface area contributed by atoms with E-state index in [1.165, 1.54) is 6.92 Å². The Hall–Kier alpha value is -1.06. The first-order valence-electron chi connectivity index (χ1n) is 3.90. The molecule has 0 aromatic carbocycles. The summed E-state index contributed by atoms with van der Waals surface area (Å²) in [4.78, 5) is 20.8. The molecule has 0 bridgehead atoms. The zero-order valence-corrected chi connectivity index (χ0v) is 7.59. The van der Waals surface area contributed by atoms with Gasteiger partial charge >= 0.3 is 0 Å². The van der Waals surface area contributed by atoms with E-state index in [0.717, 1.165) is 0 Å². The van der Waals surface area contributed by atoms with Crippen LogP contribution < -0.4 is 10.4 Å². The third-order valence-electron chi connectivity index (χ3n) is 1.58. The second-order valence-electron chi connectivity index (χ2n) is 3.13. The Morgan fingerprint density at radius 2 is 1.92 bits per heavy atom. The van der Waals surface area contributed by atoms with Crippen molar-refractivity contribution in [3.63, 3.8) is 0 Å². The molecule has 1 unspecified atom stereocenters. The van der Waals surface area contributed by atoms with Crippen molar-refractivity contribution in [1.82, 2.24) is 5.32 Å². The normalized spacial score (nSPS) is 12.7. The zero-order valence-electron chi connectivity index (χ0n) is 7.59. The molecule has 0 aromatic rings. The molecule has 0 aromatic heterocycles. The van der Waals surface area contributed by atoms with Gasteiger partial charge in [0.2, 0.25) is 5.91 Å². The molecule has 0 radical (unpaired) electrons. The van der Waals surface area contributed by atoms with Crippen LogP contribution in [0.15, 0.2) is 0 Å². The van der Waals surface area contributed by atoms with Crippen LogP contribution in [-0.2, 0) is 9.59 Å². The number of hydrogen-bond acceptors (Lipinski definition) is 3. The SMILES string of the molecule is CC(=O)NC(CC(=O)[O-])C(C)C. The number of nitrogens with one attached hydrogen (secondary N) is 1. The van der Waals surface area contributed by atoms with Crippen molar-refractivity contribution in [2.75, 3.05) is 0 Å². The lowest BCUT2D eigenvalue weighted by molar-refractivity contribution is -0.306. The summed E-state index contributed by atoms with van der Waals surface area (Å²) in [6.07, 6.45) is -0.128. The van der Waals surface area contributed by atoms with E-state index in [-0.39, 0.29) is 24.3 Å². The van der Waals surface area contributed by atoms with Crippen molar-refractivity contribution in [2.45, 2.75) is 33.2 Å². The molecule has 0 saturated heterocycles. The number of hydrogen-bond donors (Lipinski definition) is 1. The monoisotopic (exact) mass is 172 g/mol. The number of amides is 1. The molecule has 0 spiro atoms. The lowest BCUT2D eigenvalue weighted by atomic mass is 10.0. The lowest BCUT2D eigenvalue weighted by Crippen LogP contribution is -2.41. The van der Waals surface area contributed by atoms with Gasteiger partial charge in [-0.25, -0.2) is 0 Å². The summed E-state index contributed by atoms with van der Waals surface area (Å²) in [5.41, 5.74) is 0. The maximum atomic E-state index is 10.6. The second kappa shape index (κ2) is 4.74. The number of carbonyl (C=O) groups is 2. The van der Waals surface area contributed by atoms with Crippen LogP contribution in [0.1, 0.15) is 27.2 Å². The maximum absolute atomic E-state index is 10.6. The van der Waals surface area contributed by atoms with Crippen LogP contribution in [-0.4, -0.2) is 17.9 Å². The van der Waals surface area contributed by atoms with Crippen molar-refractivity contribution in [1.29, 1.82) is 0 Å². The van der Waals surface area contributed by atoms with Crippen molar-refractivity contribution >= 4 is 11.9 Å². The number of aliphatic carboxylic acids is 1. The summed E-state index contributed by atoms with van der Waals surface area (Å²) in [5, 5.41) is 12.8. The molecule has 12 heavy (non-hydrogen) atoms. The molecular weight excluding hydrogens is 158 g/mol. The van der Waals surface area contributed by atoms with E-state index < -0.39 is 5.97 Å². The molecule has 4 nitrogen and oxygen atoms in total. The van der Waals surface area contributed by atoms with Crippen LogP contribution >= 0.6 is 0 Å². The molecule has 0 heterocycles. The molecule has 0 aliphatic heterocycles. The molecule has 1 N–H and O–H groups in total. The molecule has 1 atom stereocenters. The molecule has 0 rings (SSSR count). The van der Waals surface area contributed by atoms with E-state index in [1.807, 2.05) is 13.8 Å². The molecule has 0 aliphatic rings. The summed E-state index contributed by atoms with van der Waals surface area (Å²) in [5.74, 6) is -1.25. The average molecular weight is 172 g/mol. The highest BCUT2D eigenvalue weighted by atomic mass is 16.4. The van der Waals surface area contributed by atoms with Crippen LogP contribution in [0.4, 0.5) is 0 Å². The second-order valence-corrected chi connectivity index (χ2v) is 3.13. The van der Waals surface area contributed by atoms with Gasteiger partial charge in [-0.05, 0) is 5.92 Å². The summed E-state index contributed by atoms with van der Waals surface area (Å²) in [7, 11) is 0. The van der Waals surface area contributed by atoms with Gasteiger partial charge in [0.25, 0.3) is 0 Å². The largest absolute Gasteiger partial charge is 0.550 e. The van der Waals surface area contributed by atoms with E-state index in [2.05, 4.69) is 5.32 Å². The van der Waals surface area contributed by atoms with Gasteiger partial charge in [0.05, 0.1) is 0 Å². The average Bonchev–Trinajstić information content (AvgIpc) is 1.83. The van der Waals surface area contributed by atoms with Crippen molar-refractivity contribution in [3.8, 4) is 0 Å². The summed E-state index contributed by atoms with van der Waals surface area (Å²) < 4.78 is 0. The quantitative estimate of drug-likeness (QED) is 0.609. The molecule has 4 heteroatoms. The highest BCUT2D eigenvalue weighted by molar-refractivity contribution is 5.74. The first-order chi connectivity index (χ1) is 5.43. The van der Waals surface area contributed by atoms with Gasteiger partial charge in [0.15, 0.2) is 0 Å². The van der Waals surface area contributed by atoms with Gasteiger partial charge < -0.3 is 15.2 Å². The van der Waals surface area contributed by atoms with Gasteiger partial charge in [-0.3, -0.25) is 4.79 Å². The third-order valence-corrected chi connectivity index (χ3v) is 1.58.